The van der Waals surface area contributed by atoms with E-state index in [1.54, 1.807) is 0 Å². The molecular formula is C4H8Cl2Fe. The summed E-state index contributed by atoms with van der Waals surface area (Å²) in [7, 11) is 0. The maximum atomic E-state index is 5.42. The zero-order valence-corrected chi connectivity index (χ0v) is 6.72. The standard InChI is InChI=1S/C3H7.CHCl2.Fe/c1-3-2;2-1-3;/h1,3H2,2H3;1H;. The summed E-state index contributed by atoms with van der Waals surface area (Å²) < 4.78 is -0.153. The van der Waals surface area contributed by atoms with Crippen LogP contribution in [0.1, 0.15) is 13.3 Å². The molecule has 0 fully saturated rings. The topological polar surface area (TPSA) is 0 Å². The number of halogens is 2. The maximum absolute atomic E-state index is 5.42. The number of alkyl halides is 2. The predicted molar refractivity (Wildman–Crippen MR) is 30.6 cm³/mol. The Morgan fingerprint density at radius 3 is 2.29 bits per heavy atom. The molecule has 46 valence electrons. The van der Waals surface area contributed by atoms with Gasteiger partial charge in [0.2, 0.25) is 0 Å². The summed E-state index contributed by atoms with van der Waals surface area (Å²) in [5.41, 5.74) is 0. The molecule has 0 saturated heterocycles. The molecule has 0 rings (SSSR count). The van der Waals surface area contributed by atoms with Crippen molar-refractivity contribution >= 4 is 23.2 Å². The SMILES string of the molecule is CC[CH2][Fe][CH](Cl)Cl. The van der Waals surface area contributed by atoms with Gasteiger partial charge in [-0.05, 0) is 0 Å². The third kappa shape index (κ3) is 7.10. The van der Waals surface area contributed by atoms with Gasteiger partial charge in [0.05, 0.1) is 0 Å². The molecule has 0 spiro atoms. The van der Waals surface area contributed by atoms with Crippen LogP contribution in [0.3, 0.4) is 0 Å². The molecule has 0 aliphatic rings. The van der Waals surface area contributed by atoms with Crippen molar-refractivity contribution in [3.63, 3.8) is 0 Å². The molecule has 0 N–H and O–H groups in total. The molecule has 0 aromatic heterocycles. The normalized spacial score (nSPS) is 10.9. The average Bonchev–Trinajstić information content (AvgIpc) is 1.61. The van der Waals surface area contributed by atoms with Crippen molar-refractivity contribution in [1.82, 2.24) is 0 Å². The Labute approximate surface area is 60.7 Å². The van der Waals surface area contributed by atoms with Crippen LogP contribution in [-0.4, -0.2) is 3.73 Å². The van der Waals surface area contributed by atoms with Gasteiger partial charge in [0, 0.05) is 0 Å². The average molecular weight is 183 g/mol. The van der Waals surface area contributed by atoms with Crippen molar-refractivity contribution in [3.05, 3.63) is 0 Å². The van der Waals surface area contributed by atoms with Crippen LogP contribution in [0.2, 0.25) is 5.32 Å². The van der Waals surface area contributed by atoms with E-state index >= 15 is 0 Å². The van der Waals surface area contributed by atoms with Gasteiger partial charge in [-0.25, -0.2) is 0 Å². The molecule has 0 unspecified atom stereocenters. The molecule has 3 heteroatoms. The molecule has 0 amide bonds. The fourth-order valence-corrected chi connectivity index (χ4v) is 1.38. The van der Waals surface area contributed by atoms with Crippen LogP contribution < -0.4 is 0 Å². The van der Waals surface area contributed by atoms with Gasteiger partial charge in [-0.1, -0.05) is 0 Å². The van der Waals surface area contributed by atoms with E-state index in [0.29, 0.717) is 0 Å². The first kappa shape index (κ1) is 8.10. The van der Waals surface area contributed by atoms with Crippen molar-refractivity contribution in [1.29, 1.82) is 0 Å². The molecule has 7 heavy (non-hydrogen) atoms. The first-order valence-electron chi connectivity index (χ1n) is 2.10. The third-order valence-corrected chi connectivity index (χ3v) is 2.50. The zero-order chi connectivity index (χ0) is 5.70. The Kier molecular flexibility index (Phi) is 6.06. The summed E-state index contributed by atoms with van der Waals surface area (Å²) in [5, 5.41) is 1.14. The van der Waals surface area contributed by atoms with Crippen molar-refractivity contribution in [2.75, 3.05) is 0 Å². The van der Waals surface area contributed by atoms with Crippen LogP contribution in [0.25, 0.3) is 0 Å². The van der Waals surface area contributed by atoms with Crippen molar-refractivity contribution in [2.24, 2.45) is 0 Å². The van der Waals surface area contributed by atoms with Crippen LogP contribution in [0.15, 0.2) is 0 Å². The predicted octanol–water partition coefficient (Wildman–Crippen LogP) is 2.66. The Hall–Kier alpha value is 1.10. The van der Waals surface area contributed by atoms with Gasteiger partial charge in [0.25, 0.3) is 0 Å². The second kappa shape index (κ2) is 5.24. The molecule has 0 saturated carbocycles. The Morgan fingerprint density at radius 1 is 1.57 bits per heavy atom. The number of rotatable bonds is 3. The van der Waals surface area contributed by atoms with E-state index in [2.05, 4.69) is 6.92 Å². The van der Waals surface area contributed by atoms with Gasteiger partial charge in [-0.3, -0.25) is 0 Å². The number of hydrogen-bond donors (Lipinski definition) is 0. The monoisotopic (exact) mass is 182 g/mol. The molecule has 0 radical (unpaired) electrons. The van der Waals surface area contributed by atoms with E-state index < -0.39 is 0 Å². The summed E-state index contributed by atoms with van der Waals surface area (Å²) in [6, 6.07) is 0. The molecule has 0 bridgehead atoms. The summed E-state index contributed by atoms with van der Waals surface area (Å²) in [6.45, 7) is 2.12. The van der Waals surface area contributed by atoms with Crippen LogP contribution >= 0.6 is 23.2 Å². The van der Waals surface area contributed by atoms with E-state index in [0.717, 1.165) is 20.3 Å². The van der Waals surface area contributed by atoms with Crippen molar-refractivity contribution < 1.29 is 15.0 Å². The van der Waals surface area contributed by atoms with Crippen LogP contribution in [-0.2, 0) is 15.0 Å². The van der Waals surface area contributed by atoms with E-state index in [-0.39, 0.29) is 3.73 Å². The van der Waals surface area contributed by atoms with Crippen molar-refractivity contribution in [3.8, 4) is 0 Å². The summed E-state index contributed by atoms with van der Waals surface area (Å²) in [5.74, 6) is 0. The van der Waals surface area contributed by atoms with Gasteiger partial charge >= 0.3 is 60.6 Å². The molecule has 0 heterocycles. The van der Waals surface area contributed by atoms with Gasteiger partial charge in [0.15, 0.2) is 0 Å². The first-order chi connectivity index (χ1) is 3.27. The summed E-state index contributed by atoms with van der Waals surface area (Å²) in [4.78, 5) is 0. The number of hydrogen-bond acceptors (Lipinski definition) is 0. The minimum absolute atomic E-state index is 0.153. The second-order valence-corrected chi connectivity index (χ2v) is 4.47. The quantitative estimate of drug-likeness (QED) is 0.465. The summed E-state index contributed by atoms with van der Waals surface area (Å²) >= 11 is 11.8. The fourth-order valence-electron chi connectivity index (χ4n) is 0.179. The van der Waals surface area contributed by atoms with Gasteiger partial charge in [-0.15, -0.1) is 0 Å². The molecule has 0 aromatic rings. The molecule has 0 aliphatic heterocycles. The van der Waals surface area contributed by atoms with Crippen LogP contribution in [0, 0.1) is 0 Å². The third-order valence-electron chi connectivity index (χ3n) is 0.388. The van der Waals surface area contributed by atoms with E-state index in [4.69, 9.17) is 23.2 Å². The molecule has 0 aliphatic carbocycles. The van der Waals surface area contributed by atoms with Crippen molar-refractivity contribution in [2.45, 2.75) is 22.4 Å². The minimum atomic E-state index is -0.153. The summed E-state index contributed by atoms with van der Waals surface area (Å²) in [6.07, 6.45) is 1.18. The molecule has 0 atom stereocenters. The molecule has 0 aromatic carbocycles. The Morgan fingerprint density at radius 2 is 2.14 bits per heavy atom. The fraction of sp³-hybridized carbons (Fsp3) is 1.00. The van der Waals surface area contributed by atoms with Crippen LogP contribution in [0.5, 0.6) is 0 Å². The second-order valence-electron chi connectivity index (χ2n) is 1.06. The van der Waals surface area contributed by atoms with Gasteiger partial charge < -0.3 is 0 Å². The van der Waals surface area contributed by atoms with E-state index in [9.17, 15) is 0 Å². The Balaban J connectivity index is 2.68. The first-order valence-corrected chi connectivity index (χ1v) is 4.39. The van der Waals surface area contributed by atoms with Crippen LogP contribution in [0.4, 0.5) is 0 Å². The molecular weight excluding hydrogens is 175 g/mol. The molecule has 0 nitrogen and oxygen atoms in total. The van der Waals surface area contributed by atoms with E-state index in [1.165, 1.54) is 6.42 Å². The zero-order valence-electron chi connectivity index (χ0n) is 4.10. The van der Waals surface area contributed by atoms with Gasteiger partial charge in [0.1, 0.15) is 0 Å². The Bertz CT molecular complexity index is 38.7. The van der Waals surface area contributed by atoms with Gasteiger partial charge in [-0.2, -0.15) is 0 Å². The van der Waals surface area contributed by atoms with E-state index in [1.807, 2.05) is 0 Å².